The Kier molecular flexibility index (Phi) is 46.7. The minimum Gasteiger partial charge on any atom is -0.480 e. The Hall–Kier alpha value is -9.36. The molecule has 0 bridgehead atoms. The molecule has 0 unspecified atom stereocenters. The lowest BCUT2D eigenvalue weighted by atomic mass is 9.94. The van der Waals surface area contributed by atoms with Gasteiger partial charge in [-0.25, -0.2) is 9.59 Å². The van der Waals surface area contributed by atoms with E-state index in [0.717, 1.165) is 21.6 Å². The Morgan fingerprint density at radius 1 is 0.477 bits per heavy atom. The molecule has 11 amide bonds. The van der Waals surface area contributed by atoms with Gasteiger partial charge >= 0.3 is 18.1 Å². The monoisotopic (exact) mass is 1600 g/mol. The van der Waals surface area contributed by atoms with E-state index in [2.05, 4.69) is 78.5 Å². The van der Waals surface area contributed by atoms with Gasteiger partial charge < -0.3 is 120 Å². The molecule has 1 saturated heterocycles. The third kappa shape index (κ3) is 40.1. The highest BCUT2D eigenvalue weighted by atomic mass is 33.1. The first-order valence-electron chi connectivity index (χ1n) is 35.8. The van der Waals surface area contributed by atoms with Crippen LogP contribution in [0.25, 0.3) is 0 Å². The standard InChI is InChI=1S/C63H118N24O13S2.C2HF3O2/c1-13-34(11)46-57(97)78-38(21-17-25-75-62(69)70)49(89)83-43(31(5)6)54(94)82-42(53(93)79-39(59(99)100)22-18-26-76-63(71)72)29-102-101-28-41(81-51(91)40(27-30(3)4)80-48(88)36(64)19-15-23-73-60(65)66)52(92)77-37(20-16-24-74-61(67)68)50(90)86-47(35(12)14-2)58(98)85-44(32(7)8)55(95)84-45(33(9)10)56(96)87-46;3-2(4,5)1(6)7/h30-47H,13-29,64H2,1-12H3,(H,77,92)(H,78,97)(H,79,93)(H,80,88)(H,81,91)(H,82,94)(H,83,89)(H,84,95)(H,85,98)(H,86,90)(H,87,96)(H,99,100)(H4,65,66,73)(H4,67,68,74)(H4,69,70,75)(H4,71,72,76);(H,6,7)/t34-,35-,36-,37-,38-,39-,40-,41-,42-,43-,44-,45-,46-,47-;/m0./s1. The predicted octanol–water partition coefficient (Wildman–Crippen LogP) is -3.92. The van der Waals surface area contributed by atoms with E-state index in [1.807, 2.05) is 0 Å². The maximum atomic E-state index is 15.1. The summed E-state index contributed by atoms with van der Waals surface area (Å²) < 4.78 is 31.7. The highest BCUT2D eigenvalue weighted by Crippen LogP contribution is 2.25. The summed E-state index contributed by atoms with van der Waals surface area (Å²) in [4.78, 5) is 198. The summed E-state index contributed by atoms with van der Waals surface area (Å²) in [5, 5.41) is 47.1. The summed E-state index contributed by atoms with van der Waals surface area (Å²) in [6, 6.07) is -17.0. The number of nitrogens with one attached hydrogen (secondary N) is 11. The molecular weight excluding hydrogens is 1480 g/mol. The number of alkyl halides is 3. The van der Waals surface area contributed by atoms with Crippen LogP contribution in [0.2, 0.25) is 0 Å². The number of aliphatic imine (C=N–C) groups is 4. The summed E-state index contributed by atoms with van der Waals surface area (Å²) in [7, 11) is 1.76. The first-order valence-corrected chi connectivity index (χ1v) is 38.3. The van der Waals surface area contributed by atoms with Gasteiger partial charge in [-0.05, 0) is 93.3 Å². The van der Waals surface area contributed by atoms with E-state index in [4.69, 9.17) is 61.5 Å². The Labute approximate surface area is 641 Å². The van der Waals surface area contributed by atoms with Crippen molar-refractivity contribution in [1.82, 2.24) is 58.5 Å². The first kappa shape index (κ1) is 99.6. The van der Waals surface area contributed by atoms with Crippen LogP contribution in [0.15, 0.2) is 20.0 Å². The van der Waals surface area contributed by atoms with Gasteiger partial charge in [-0.15, -0.1) is 0 Å². The van der Waals surface area contributed by atoms with Crippen molar-refractivity contribution in [2.75, 3.05) is 37.7 Å². The summed E-state index contributed by atoms with van der Waals surface area (Å²) in [6.07, 6.45) is -4.26. The highest BCUT2D eigenvalue weighted by Gasteiger charge is 2.41. The van der Waals surface area contributed by atoms with Gasteiger partial charge in [-0.1, -0.05) is 118 Å². The van der Waals surface area contributed by atoms with Crippen LogP contribution in [0, 0.1) is 35.5 Å². The second-order valence-corrected chi connectivity index (χ2v) is 30.1. The normalized spacial score (nSPS) is 22.0. The zero-order chi connectivity index (χ0) is 83.7. The molecule has 0 aliphatic carbocycles. The maximum absolute atomic E-state index is 15.1. The van der Waals surface area contributed by atoms with Crippen LogP contribution in [0.4, 0.5) is 13.2 Å². The van der Waals surface area contributed by atoms with Crippen LogP contribution in [-0.4, -0.2) is 227 Å². The number of halogens is 3. The number of carboxylic acids is 2. The van der Waals surface area contributed by atoms with Gasteiger partial charge in [0.15, 0.2) is 23.8 Å². The van der Waals surface area contributed by atoms with Crippen LogP contribution in [0.3, 0.4) is 0 Å². The topological polar surface area (TPSA) is 678 Å². The summed E-state index contributed by atoms with van der Waals surface area (Å²) in [6.45, 7) is 20.3. The van der Waals surface area contributed by atoms with Crippen molar-refractivity contribution in [3.8, 4) is 0 Å². The SMILES string of the molecule is CC[C@H](C)[C@@H]1NC(=O)[C@H](CCCN=C(N)N)NC(=O)[C@@H](NC(=O)[C@H](CC(C)C)NC(=O)[C@@H](N)CCCN=C(N)N)CSSC[C@@H](C(=O)N[C@@H](CCCN=C(N)N)C(=O)O)NC(=O)[C@H](C(C)C)NC(=O)[C@H](CCCN=C(N)N)NC(=O)[C@H]([C@@H](C)CC)NC(=O)[C@H](C(C)C)NC(=O)[C@H](C(C)C)NC1=O.O=C(O)C(F)(F)F. The van der Waals surface area contributed by atoms with Gasteiger partial charge in [0.25, 0.3) is 0 Å². The quantitative estimate of drug-likeness (QED) is 0.0132. The average molecular weight is 1600 g/mol. The number of nitrogens with zero attached hydrogens (tertiary/aromatic N) is 4. The molecule has 0 spiro atoms. The van der Waals surface area contributed by atoms with Crippen molar-refractivity contribution in [3.05, 3.63) is 0 Å². The lowest BCUT2D eigenvalue weighted by Gasteiger charge is -2.32. The van der Waals surface area contributed by atoms with Gasteiger partial charge in [0.1, 0.15) is 66.5 Å². The highest BCUT2D eigenvalue weighted by molar-refractivity contribution is 8.76. The third-order valence-electron chi connectivity index (χ3n) is 16.7. The average Bonchev–Trinajstić information content (AvgIpc) is 0.881. The molecule has 622 valence electrons. The number of hydrogen-bond acceptors (Lipinski definition) is 20. The molecule has 1 fully saturated rings. The van der Waals surface area contributed by atoms with Crippen LogP contribution < -0.4 is 110 Å². The molecule has 0 aromatic heterocycles. The maximum Gasteiger partial charge on any atom is 0.490 e. The van der Waals surface area contributed by atoms with E-state index in [1.54, 1.807) is 83.1 Å². The van der Waals surface area contributed by atoms with Crippen molar-refractivity contribution >= 4 is 122 Å². The zero-order valence-corrected chi connectivity index (χ0v) is 65.7. The van der Waals surface area contributed by atoms with E-state index in [-0.39, 0.29) is 113 Å². The Morgan fingerprint density at radius 3 is 1.21 bits per heavy atom. The second kappa shape index (κ2) is 51.1. The number of rotatable bonds is 32. The molecule has 0 aromatic rings. The van der Waals surface area contributed by atoms with Gasteiger partial charge in [-0.3, -0.25) is 72.7 Å². The number of guanidine groups is 4. The van der Waals surface area contributed by atoms with Gasteiger partial charge in [0.2, 0.25) is 65.0 Å². The van der Waals surface area contributed by atoms with Crippen LogP contribution in [0.1, 0.15) is 154 Å². The number of amides is 11. The molecule has 14 atom stereocenters. The number of aliphatic carboxylic acids is 2. The van der Waals surface area contributed by atoms with E-state index in [0.29, 0.717) is 19.3 Å². The molecule has 1 heterocycles. The number of carbonyl (C=O) groups is 13. The lowest BCUT2D eigenvalue weighted by molar-refractivity contribution is -0.192. The molecule has 1 aliphatic heterocycles. The van der Waals surface area contributed by atoms with Gasteiger partial charge in [0.05, 0.1) is 6.04 Å². The van der Waals surface area contributed by atoms with Crippen molar-refractivity contribution in [3.63, 3.8) is 0 Å². The van der Waals surface area contributed by atoms with E-state index >= 15 is 4.79 Å². The fraction of sp³-hybridized carbons (Fsp3) is 0.738. The smallest absolute Gasteiger partial charge is 0.480 e. The van der Waals surface area contributed by atoms with Crippen LogP contribution in [-0.2, 0) is 62.3 Å². The fourth-order valence-corrected chi connectivity index (χ4v) is 12.4. The fourth-order valence-electron chi connectivity index (χ4n) is 10.1. The van der Waals surface area contributed by atoms with Gasteiger partial charge in [0, 0.05) is 37.7 Å². The largest absolute Gasteiger partial charge is 0.490 e. The second-order valence-electron chi connectivity index (χ2n) is 27.5. The van der Waals surface area contributed by atoms with Crippen LogP contribution in [0.5, 0.6) is 0 Å². The molecule has 109 heavy (non-hydrogen) atoms. The van der Waals surface area contributed by atoms with E-state index in [9.17, 15) is 71.0 Å². The molecule has 39 nitrogen and oxygen atoms in total. The lowest BCUT2D eigenvalue weighted by Crippen LogP contribution is -2.63. The number of carbonyl (C=O) groups excluding carboxylic acids is 11. The Morgan fingerprint density at radius 2 is 0.826 bits per heavy atom. The van der Waals surface area contributed by atoms with E-state index < -0.39 is 191 Å². The zero-order valence-electron chi connectivity index (χ0n) is 64.1. The minimum atomic E-state index is -5.08. The first-order chi connectivity index (χ1) is 50.7. The Bertz CT molecular complexity index is 3120. The predicted molar refractivity (Wildman–Crippen MR) is 408 cm³/mol. The molecule has 0 aromatic carbocycles. The van der Waals surface area contributed by atoms with Crippen molar-refractivity contribution in [1.29, 1.82) is 0 Å². The molecular formula is C65H119F3N24O15S2. The van der Waals surface area contributed by atoms with Gasteiger partial charge in [-0.2, -0.15) is 13.2 Å². The molecule has 0 saturated carbocycles. The number of carboxylic acid groups (broad SMARTS) is 2. The van der Waals surface area contributed by atoms with Crippen molar-refractivity contribution in [2.45, 2.75) is 232 Å². The summed E-state index contributed by atoms with van der Waals surface area (Å²) >= 11 is 0. The van der Waals surface area contributed by atoms with Crippen molar-refractivity contribution < 1.29 is 85.7 Å². The number of nitrogens with two attached hydrogens (primary N) is 9. The van der Waals surface area contributed by atoms with Crippen molar-refractivity contribution in [2.24, 2.45) is 107 Å². The number of hydrogen-bond donors (Lipinski definition) is 22. The minimum absolute atomic E-state index is 0.00318. The molecule has 1 rings (SSSR count). The molecule has 1 aliphatic rings. The van der Waals surface area contributed by atoms with Crippen LogP contribution >= 0.6 is 21.6 Å². The summed E-state index contributed by atoms with van der Waals surface area (Å²) in [5.74, 6) is -18.9. The summed E-state index contributed by atoms with van der Waals surface area (Å²) in [5.41, 5.74) is 50.6. The molecule has 31 N–H and O–H groups in total. The third-order valence-corrected chi connectivity index (χ3v) is 19.2. The molecule has 44 heteroatoms. The Balaban J connectivity index is 0.0000158. The molecule has 0 radical (unpaired) electrons. The van der Waals surface area contributed by atoms with E-state index in [1.165, 1.54) is 0 Å².